The second-order valence-corrected chi connectivity index (χ2v) is 9.56. The molecule has 1 aliphatic heterocycles. The predicted octanol–water partition coefficient (Wildman–Crippen LogP) is 5.08. The first-order chi connectivity index (χ1) is 16.5. The number of thioether (sulfide) groups is 1. The Hall–Kier alpha value is -3.46. The van der Waals surface area contributed by atoms with Crippen molar-refractivity contribution in [2.75, 3.05) is 42.7 Å². The summed E-state index contributed by atoms with van der Waals surface area (Å²) < 4.78 is 1.93. The molecule has 4 aromatic rings. The number of fused-ring (bicyclic) bond motifs is 1. The van der Waals surface area contributed by atoms with Gasteiger partial charge in [-0.2, -0.15) is 5.10 Å². The van der Waals surface area contributed by atoms with E-state index in [0.29, 0.717) is 13.1 Å². The first-order valence-electron chi connectivity index (χ1n) is 11.5. The highest BCUT2D eigenvalue weighted by Crippen LogP contribution is 2.25. The molecule has 2 aromatic carbocycles. The van der Waals surface area contributed by atoms with Gasteiger partial charge >= 0.3 is 6.03 Å². The van der Waals surface area contributed by atoms with Crippen molar-refractivity contribution in [2.24, 2.45) is 0 Å². The molecule has 0 spiro atoms. The van der Waals surface area contributed by atoms with Gasteiger partial charge in [-0.1, -0.05) is 0 Å². The van der Waals surface area contributed by atoms with Crippen molar-refractivity contribution in [2.45, 2.75) is 24.8 Å². The van der Waals surface area contributed by atoms with E-state index in [1.165, 1.54) is 4.90 Å². The van der Waals surface area contributed by atoms with Crippen LogP contribution in [-0.2, 0) is 0 Å². The molecule has 2 aromatic heterocycles. The van der Waals surface area contributed by atoms with Gasteiger partial charge in [-0.05, 0) is 68.6 Å². The summed E-state index contributed by atoms with van der Waals surface area (Å²) in [4.78, 5) is 26.2. The molecule has 1 fully saturated rings. The molecule has 34 heavy (non-hydrogen) atoms. The standard InChI is InChI=1S/C25H29N7OS/c1-17(2)32-24-22(16-26-32)28-23(29-24)18-4-8-20(9-5-18)30-12-14-31(15-13-30)25(33)27-19-6-10-21(34-3)11-7-19/h4-11,16-17H,12-15H2,1-3H3,(H,27,33)(H,28,29). The summed E-state index contributed by atoms with van der Waals surface area (Å²) in [6.45, 7) is 7.17. The highest BCUT2D eigenvalue weighted by atomic mass is 32.2. The number of benzene rings is 2. The maximum Gasteiger partial charge on any atom is 0.321 e. The molecule has 0 bridgehead atoms. The summed E-state index contributed by atoms with van der Waals surface area (Å²) in [6, 6.07) is 16.6. The number of rotatable bonds is 5. The normalized spacial score (nSPS) is 14.2. The number of hydrogen-bond donors (Lipinski definition) is 2. The Morgan fingerprint density at radius 2 is 1.74 bits per heavy atom. The summed E-state index contributed by atoms with van der Waals surface area (Å²) >= 11 is 1.69. The molecule has 1 saturated heterocycles. The molecule has 9 heteroatoms. The highest BCUT2D eigenvalue weighted by molar-refractivity contribution is 7.98. The van der Waals surface area contributed by atoms with Crippen molar-refractivity contribution in [1.29, 1.82) is 0 Å². The van der Waals surface area contributed by atoms with Gasteiger partial charge in [0.05, 0.1) is 6.20 Å². The summed E-state index contributed by atoms with van der Waals surface area (Å²) in [6.07, 6.45) is 3.87. The van der Waals surface area contributed by atoms with Crippen LogP contribution in [0.25, 0.3) is 22.6 Å². The molecule has 0 radical (unpaired) electrons. The fraction of sp³-hybridized carbons (Fsp3) is 0.320. The summed E-state index contributed by atoms with van der Waals surface area (Å²) in [5.41, 5.74) is 4.85. The van der Waals surface area contributed by atoms with Gasteiger partial charge in [-0.3, -0.25) is 0 Å². The van der Waals surface area contributed by atoms with Crippen LogP contribution in [0.4, 0.5) is 16.2 Å². The van der Waals surface area contributed by atoms with Crippen molar-refractivity contribution < 1.29 is 4.79 Å². The van der Waals surface area contributed by atoms with Crippen molar-refractivity contribution in [1.82, 2.24) is 24.6 Å². The zero-order valence-electron chi connectivity index (χ0n) is 19.7. The molecule has 2 N–H and O–H groups in total. The van der Waals surface area contributed by atoms with E-state index in [0.717, 1.165) is 47.0 Å². The molecule has 0 aliphatic carbocycles. The molecule has 0 unspecified atom stereocenters. The number of hydrogen-bond acceptors (Lipinski definition) is 5. The zero-order chi connectivity index (χ0) is 23.7. The lowest BCUT2D eigenvalue weighted by Crippen LogP contribution is -2.50. The maximum atomic E-state index is 12.7. The number of H-pyrrole nitrogens is 1. The Morgan fingerprint density at radius 3 is 2.38 bits per heavy atom. The highest BCUT2D eigenvalue weighted by Gasteiger charge is 2.21. The Balaban J connectivity index is 1.19. The third-order valence-corrected chi connectivity index (χ3v) is 6.89. The SMILES string of the molecule is CSc1ccc(NC(=O)N2CCN(c3ccc(-c4nc5c(cnn5C(C)C)[nH]4)cc3)CC2)cc1. The van der Waals surface area contributed by atoms with Gasteiger partial charge in [0.15, 0.2) is 5.65 Å². The van der Waals surface area contributed by atoms with Gasteiger partial charge in [0.1, 0.15) is 11.3 Å². The smallest absolute Gasteiger partial charge is 0.321 e. The van der Waals surface area contributed by atoms with Crippen LogP contribution in [0.2, 0.25) is 0 Å². The first kappa shape index (κ1) is 22.3. The minimum atomic E-state index is -0.0447. The number of nitrogens with zero attached hydrogens (tertiary/aromatic N) is 5. The number of carbonyl (C=O) groups is 1. The molecular weight excluding hydrogens is 446 g/mol. The van der Waals surface area contributed by atoms with Gasteiger partial charge in [0.2, 0.25) is 0 Å². The summed E-state index contributed by atoms with van der Waals surface area (Å²) in [7, 11) is 0. The third kappa shape index (κ3) is 4.48. The van der Waals surface area contributed by atoms with Crippen LogP contribution in [0.3, 0.4) is 0 Å². The molecule has 176 valence electrons. The van der Waals surface area contributed by atoms with Crippen molar-refractivity contribution >= 4 is 40.3 Å². The van der Waals surface area contributed by atoms with E-state index in [-0.39, 0.29) is 12.1 Å². The van der Waals surface area contributed by atoms with Crippen molar-refractivity contribution in [3.63, 3.8) is 0 Å². The van der Waals surface area contributed by atoms with Crippen LogP contribution in [0, 0.1) is 0 Å². The number of nitrogens with one attached hydrogen (secondary N) is 2. The molecule has 0 saturated carbocycles. The fourth-order valence-electron chi connectivity index (χ4n) is 4.21. The average Bonchev–Trinajstić information content (AvgIpc) is 3.46. The molecule has 0 atom stereocenters. The number of carbonyl (C=O) groups excluding carboxylic acids is 1. The van der Waals surface area contributed by atoms with E-state index >= 15 is 0 Å². The molecule has 2 amide bonds. The number of anilines is 2. The Morgan fingerprint density at radius 1 is 1.03 bits per heavy atom. The quantitative estimate of drug-likeness (QED) is 0.393. The van der Waals surface area contributed by atoms with Crippen LogP contribution >= 0.6 is 11.8 Å². The minimum absolute atomic E-state index is 0.0447. The van der Waals surface area contributed by atoms with Crippen LogP contribution in [0.1, 0.15) is 19.9 Å². The van der Waals surface area contributed by atoms with Crippen LogP contribution < -0.4 is 10.2 Å². The van der Waals surface area contributed by atoms with E-state index < -0.39 is 0 Å². The summed E-state index contributed by atoms with van der Waals surface area (Å²) in [5, 5.41) is 7.40. The lowest BCUT2D eigenvalue weighted by atomic mass is 10.1. The topological polar surface area (TPSA) is 82.1 Å². The number of imidazole rings is 1. The van der Waals surface area contributed by atoms with E-state index in [1.54, 1.807) is 11.8 Å². The van der Waals surface area contributed by atoms with E-state index in [2.05, 4.69) is 58.4 Å². The number of piperazine rings is 1. The molecule has 3 heterocycles. The number of urea groups is 1. The molecular formula is C25H29N7OS. The van der Waals surface area contributed by atoms with Gasteiger partial charge in [-0.25, -0.2) is 14.5 Å². The first-order valence-corrected chi connectivity index (χ1v) is 12.7. The van der Waals surface area contributed by atoms with Gasteiger partial charge in [0.25, 0.3) is 0 Å². The van der Waals surface area contributed by atoms with E-state index in [4.69, 9.17) is 4.98 Å². The van der Waals surface area contributed by atoms with Crippen molar-refractivity contribution in [3.8, 4) is 11.4 Å². The van der Waals surface area contributed by atoms with Crippen molar-refractivity contribution in [3.05, 3.63) is 54.7 Å². The van der Waals surface area contributed by atoms with E-state index in [1.807, 2.05) is 46.3 Å². The number of amides is 2. The predicted molar refractivity (Wildman–Crippen MR) is 139 cm³/mol. The third-order valence-electron chi connectivity index (χ3n) is 6.14. The zero-order valence-corrected chi connectivity index (χ0v) is 20.5. The molecule has 8 nitrogen and oxygen atoms in total. The van der Waals surface area contributed by atoms with Gasteiger partial charge in [0, 0.05) is 54.1 Å². The second-order valence-electron chi connectivity index (χ2n) is 8.69. The average molecular weight is 476 g/mol. The number of aromatic nitrogens is 4. The second kappa shape index (κ2) is 9.42. The number of aromatic amines is 1. The molecule has 1 aliphatic rings. The van der Waals surface area contributed by atoms with Crippen LogP contribution in [0.5, 0.6) is 0 Å². The monoisotopic (exact) mass is 475 g/mol. The lowest BCUT2D eigenvalue weighted by molar-refractivity contribution is 0.208. The van der Waals surface area contributed by atoms with Crippen LogP contribution in [-0.4, -0.2) is 63.1 Å². The van der Waals surface area contributed by atoms with Gasteiger partial charge in [-0.15, -0.1) is 11.8 Å². The fourth-order valence-corrected chi connectivity index (χ4v) is 4.61. The summed E-state index contributed by atoms with van der Waals surface area (Å²) in [5.74, 6) is 0.848. The van der Waals surface area contributed by atoms with Gasteiger partial charge < -0.3 is 20.1 Å². The minimum Gasteiger partial charge on any atom is -0.368 e. The Bertz CT molecular complexity index is 1270. The Labute approximate surface area is 203 Å². The Kier molecular flexibility index (Phi) is 6.19. The maximum absolute atomic E-state index is 12.7. The lowest BCUT2D eigenvalue weighted by Gasteiger charge is -2.36. The van der Waals surface area contributed by atoms with Crippen LogP contribution in [0.15, 0.2) is 59.6 Å². The van der Waals surface area contributed by atoms with E-state index in [9.17, 15) is 4.79 Å². The largest absolute Gasteiger partial charge is 0.368 e. The molecule has 5 rings (SSSR count).